The third-order valence-corrected chi connectivity index (χ3v) is 3.05. The molecule has 0 saturated heterocycles. The normalized spacial score (nSPS) is 11.9. The van der Waals surface area contributed by atoms with Crippen molar-refractivity contribution in [3.63, 3.8) is 0 Å². The van der Waals surface area contributed by atoms with Gasteiger partial charge >= 0.3 is 0 Å². The van der Waals surface area contributed by atoms with Gasteiger partial charge in [0.2, 0.25) is 0 Å². The zero-order valence-corrected chi connectivity index (χ0v) is 11.5. The number of amides is 1. The number of benzene rings is 2. The molecule has 0 saturated carbocycles. The summed E-state index contributed by atoms with van der Waals surface area (Å²) in [6.07, 6.45) is -0.736. The molecule has 2 aromatic carbocycles. The minimum Gasteiger partial charge on any atom is -0.367 e. The van der Waals surface area contributed by atoms with Crippen LogP contribution in [-0.2, 0) is 9.53 Å². The van der Waals surface area contributed by atoms with Crippen LogP contribution in [0.4, 0.5) is 10.1 Å². The Morgan fingerprint density at radius 3 is 2.55 bits per heavy atom. The van der Waals surface area contributed by atoms with Gasteiger partial charge in [-0.3, -0.25) is 4.79 Å². The summed E-state index contributed by atoms with van der Waals surface area (Å²) >= 11 is 5.67. The number of hydrogen-bond acceptors (Lipinski definition) is 2. The second-order valence-corrected chi connectivity index (χ2v) is 4.55. The summed E-state index contributed by atoms with van der Waals surface area (Å²) in [5.74, 6) is -0.877. The highest BCUT2D eigenvalue weighted by molar-refractivity contribution is 6.31. The Hall–Kier alpha value is -1.91. The van der Waals surface area contributed by atoms with Crippen LogP contribution in [0.1, 0.15) is 11.7 Å². The lowest BCUT2D eigenvalue weighted by atomic mass is 10.1. The Balaban J connectivity index is 2.15. The van der Waals surface area contributed by atoms with Crippen molar-refractivity contribution in [3.05, 3.63) is 64.9 Å². The van der Waals surface area contributed by atoms with Crippen LogP contribution in [0.25, 0.3) is 0 Å². The maximum absolute atomic E-state index is 13.1. The molecule has 2 rings (SSSR count). The zero-order valence-electron chi connectivity index (χ0n) is 10.8. The molecule has 0 aliphatic rings. The van der Waals surface area contributed by atoms with E-state index in [9.17, 15) is 9.18 Å². The largest absolute Gasteiger partial charge is 0.367 e. The summed E-state index contributed by atoms with van der Waals surface area (Å²) in [5.41, 5.74) is 1.15. The number of halogens is 2. The van der Waals surface area contributed by atoms with Crippen LogP contribution in [0.15, 0.2) is 48.5 Å². The van der Waals surface area contributed by atoms with Gasteiger partial charge in [-0.15, -0.1) is 0 Å². The van der Waals surface area contributed by atoms with Crippen LogP contribution < -0.4 is 5.32 Å². The van der Waals surface area contributed by atoms with Crippen molar-refractivity contribution in [2.75, 3.05) is 12.4 Å². The Kier molecular flexibility index (Phi) is 4.71. The van der Waals surface area contributed by atoms with Crippen molar-refractivity contribution in [1.29, 1.82) is 0 Å². The zero-order chi connectivity index (χ0) is 14.5. The molecule has 0 aliphatic heterocycles. The first-order valence-corrected chi connectivity index (χ1v) is 6.33. The maximum Gasteiger partial charge on any atom is 0.258 e. The molecule has 1 atom stereocenters. The van der Waals surface area contributed by atoms with E-state index >= 15 is 0 Å². The topological polar surface area (TPSA) is 38.3 Å². The van der Waals surface area contributed by atoms with E-state index in [4.69, 9.17) is 16.3 Å². The molecular formula is C15H13ClFNO2. The Bertz CT molecular complexity index is 604. The van der Waals surface area contributed by atoms with Crippen molar-refractivity contribution in [2.24, 2.45) is 0 Å². The summed E-state index contributed by atoms with van der Waals surface area (Å²) in [6.45, 7) is 0. The van der Waals surface area contributed by atoms with Crippen LogP contribution in [0.5, 0.6) is 0 Å². The van der Waals surface area contributed by atoms with E-state index < -0.39 is 11.9 Å². The molecule has 20 heavy (non-hydrogen) atoms. The van der Waals surface area contributed by atoms with Crippen LogP contribution >= 0.6 is 11.6 Å². The Labute approximate surface area is 121 Å². The van der Waals surface area contributed by atoms with Gasteiger partial charge in [-0.25, -0.2) is 4.39 Å². The number of carbonyl (C=O) groups is 1. The fourth-order valence-corrected chi connectivity index (χ4v) is 1.98. The number of carbonyl (C=O) groups excluding carboxylic acids is 1. The summed E-state index contributed by atoms with van der Waals surface area (Å²) < 4.78 is 18.3. The summed E-state index contributed by atoms with van der Waals surface area (Å²) in [7, 11) is 1.45. The SMILES string of the molecule is COC(C(=O)Nc1ccc(F)c(Cl)c1)c1ccccc1. The van der Waals surface area contributed by atoms with E-state index in [1.165, 1.54) is 25.3 Å². The molecule has 3 nitrogen and oxygen atoms in total. The third kappa shape index (κ3) is 3.35. The van der Waals surface area contributed by atoms with E-state index in [1.54, 1.807) is 12.1 Å². The predicted octanol–water partition coefficient (Wildman–Crippen LogP) is 3.81. The molecule has 1 amide bonds. The molecular weight excluding hydrogens is 281 g/mol. The van der Waals surface area contributed by atoms with Gasteiger partial charge in [0.1, 0.15) is 5.82 Å². The molecule has 1 N–H and O–H groups in total. The quantitative estimate of drug-likeness (QED) is 0.931. The van der Waals surface area contributed by atoms with Crippen LogP contribution in [0, 0.1) is 5.82 Å². The minimum atomic E-state index is -0.736. The lowest BCUT2D eigenvalue weighted by Crippen LogP contribution is -2.22. The van der Waals surface area contributed by atoms with Gasteiger partial charge in [-0.2, -0.15) is 0 Å². The van der Waals surface area contributed by atoms with Crippen molar-refractivity contribution in [1.82, 2.24) is 0 Å². The number of nitrogens with one attached hydrogen (secondary N) is 1. The fraction of sp³-hybridized carbons (Fsp3) is 0.133. The molecule has 1 unspecified atom stereocenters. The molecule has 0 heterocycles. The van der Waals surface area contributed by atoms with Gasteiger partial charge in [0, 0.05) is 12.8 Å². The second kappa shape index (κ2) is 6.50. The van der Waals surface area contributed by atoms with Gasteiger partial charge in [0.25, 0.3) is 5.91 Å². The van der Waals surface area contributed by atoms with Gasteiger partial charge in [0.15, 0.2) is 6.10 Å². The lowest BCUT2D eigenvalue weighted by Gasteiger charge is -2.15. The molecule has 0 bridgehead atoms. The molecule has 0 aliphatic carbocycles. The Morgan fingerprint density at radius 1 is 1.25 bits per heavy atom. The van der Waals surface area contributed by atoms with Crippen LogP contribution in [0.3, 0.4) is 0 Å². The molecule has 0 radical (unpaired) electrons. The minimum absolute atomic E-state index is 0.0449. The van der Waals surface area contributed by atoms with Crippen LogP contribution in [0.2, 0.25) is 5.02 Å². The summed E-state index contributed by atoms with van der Waals surface area (Å²) in [4.78, 5) is 12.2. The Morgan fingerprint density at radius 2 is 1.95 bits per heavy atom. The molecule has 5 heteroatoms. The van der Waals surface area contributed by atoms with Gasteiger partial charge < -0.3 is 10.1 Å². The summed E-state index contributed by atoms with van der Waals surface area (Å²) in [6, 6.07) is 13.1. The van der Waals surface area contributed by atoms with Crippen molar-refractivity contribution in [3.8, 4) is 0 Å². The second-order valence-electron chi connectivity index (χ2n) is 4.14. The number of rotatable bonds is 4. The van der Waals surface area contributed by atoms with Gasteiger partial charge in [-0.05, 0) is 23.8 Å². The van der Waals surface area contributed by atoms with E-state index in [-0.39, 0.29) is 10.9 Å². The van der Waals surface area contributed by atoms with Crippen molar-refractivity contribution < 1.29 is 13.9 Å². The lowest BCUT2D eigenvalue weighted by molar-refractivity contribution is -0.126. The molecule has 0 aromatic heterocycles. The number of hydrogen-bond donors (Lipinski definition) is 1. The van der Waals surface area contributed by atoms with E-state index in [2.05, 4.69) is 5.32 Å². The third-order valence-electron chi connectivity index (χ3n) is 2.76. The first-order chi connectivity index (χ1) is 9.61. The van der Waals surface area contributed by atoms with Gasteiger partial charge in [-0.1, -0.05) is 41.9 Å². The molecule has 0 spiro atoms. The molecule has 2 aromatic rings. The highest BCUT2D eigenvalue weighted by Crippen LogP contribution is 2.22. The van der Waals surface area contributed by atoms with E-state index in [1.807, 2.05) is 18.2 Å². The first-order valence-electron chi connectivity index (χ1n) is 5.95. The molecule has 104 valence electrons. The predicted molar refractivity (Wildman–Crippen MR) is 76.2 cm³/mol. The van der Waals surface area contributed by atoms with Crippen molar-refractivity contribution in [2.45, 2.75) is 6.10 Å². The van der Waals surface area contributed by atoms with E-state index in [0.717, 1.165) is 5.56 Å². The average Bonchev–Trinajstić information content (AvgIpc) is 2.45. The number of anilines is 1. The fourth-order valence-electron chi connectivity index (χ4n) is 1.80. The highest BCUT2D eigenvalue weighted by atomic mass is 35.5. The van der Waals surface area contributed by atoms with Crippen molar-refractivity contribution >= 4 is 23.2 Å². The number of ether oxygens (including phenoxy) is 1. The monoisotopic (exact) mass is 293 g/mol. The standard InChI is InChI=1S/C15H13ClFNO2/c1-20-14(10-5-3-2-4-6-10)15(19)18-11-7-8-13(17)12(16)9-11/h2-9,14H,1H3,(H,18,19). The average molecular weight is 294 g/mol. The highest BCUT2D eigenvalue weighted by Gasteiger charge is 2.20. The number of methoxy groups -OCH3 is 1. The summed E-state index contributed by atoms with van der Waals surface area (Å²) in [5, 5.41) is 2.60. The van der Waals surface area contributed by atoms with Crippen LogP contribution in [-0.4, -0.2) is 13.0 Å². The van der Waals surface area contributed by atoms with Gasteiger partial charge in [0.05, 0.1) is 5.02 Å². The maximum atomic E-state index is 13.1. The van der Waals surface area contributed by atoms with E-state index in [0.29, 0.717) is 5.69 Å². The smallest absolute Gasteiger partial charge is 0.258 e. The first kappa shape index (κ1) is 14.5. The molecule has 0 fully saturated rings.